The minimum Gasteiger partial charge on any atom is -0.385 e. The molecule has 2 N–H and O–H groups in total. The van der Waals surface area contributed by atoms with Crippen molar-refractivity contribution in [1.82, 2.24) is 4.90 Å². The summed E-state index contributed by atoms with van der Waals surface area (Å²) < 4.78 is 5.01. The average Bonchev–Trinajstić information content (AvgIpc) is 2.70. The SMILES string of the molecule is COCCCCC(=O)c1ccc(-c2cccc(CN(C)C(=O)CN)c2)cc1. The number of hydrogen-bond acceptors (Lipinski definition) is 4. The highest BCUT2D eigenvalue weighted by Gasteiger charge is 2.09. The molecule has 2 aromatic carbocycles. The molecule has 5 heteroatoms. The molecule has 0 fully saturated rings. The Labute approximate surface area is 161 Å². The second kappa shape index (κ2) is 10.6. The Morgan fingerprint density at radius 1 is 1.04 bits per heavy atom. The van der Waals surface area contributed by atoms with Crippen LogP contribution in [0.15, 0.2) is 48.5 Å². The smallest absolute Gasteiger partial charge is 0.236 e. The summed E-state index contributed by atoms with van der Waals surface area (Å²) in [5.74, 6) is 0.0714. The third-order valence-corrected chi connectivity index (χ3v) is 4.49. The Kier molecular flexibility index (Phi) is 8.17. The lowest BCUT2D eigenvalue weighted by molar-refractivity contribution is -0.128. The number of nitrogens with zero attached hydrogens (tertiary/aromatic N) is 1. The van der Waals surface area contributed by atoms with Crippen molar-refractivity contribution in [3.63, 3.8) is 0 Å². The highest BCUT2D eigenvalue weighted by molar-refractivity contribution is 5.96. The van der Waals surface area contributed by atoms with Crippen LogP contribution in [0.4, 0.5) is 0 Å². The molecule has 0 aliphatic rings. The van der Waals surface area contributed by atoms with Gasteiger partial charge in [-0.25, -0.2) is 0 Å². The van der Waals surface area contributed by atoms with Crippen molar-refractivity contribution >= 4 is 11.7 Å². The van der Waals surface area contributed by atoms with E-state index in [0.717, 1.165) is 35.1 Å². The van der Waals surface area contributed by atoms with E-state index >= 15 is 0 Å². The monoisotopic (exact) mass is 368 g/mol. The summed E-state index contributed by atoms with van der Waals surface area (Å²) in [5.41, 5.74) is 9.28. The van der Waals surface area contributed by atoms with Crippen LogP contribution >= 0.6 is 0 Å². The van der Waals surface area contributed by atoms with E-state index in [2.05, 4.69) is 6.07 Å². The topological polar surface area (TPSA) is 72.6 Å². The number of methoxy groups -OCH3 is 1. The number of benzene rings is 2. The van der Waals surface area contributed by atoms with Gasteiger partial charge in [0, 0.05) is 39.3 Å². The van der Waals surface area contributed by atoms with E-state index in [0.29, 0.717) is 19.6 Å². The Morgan fingerprint density at radius 3 is 2.44 bits per heavy atom. The van der Waals surface area contributed by atoms with E-state index in [1.165, 1.54) is 0 Å². The van der Waals surface area contributed by atoms with E-state index in [1.54, 1.807) is 19.1 Å². The summed E-state index contributed by atoms with van der Waals surface area (Å²) in [7, 11) is 3.42. The van der Waals surface area contributed by atoms with Gasteiger partial charge < -0.3 is 15.4 Å². The number of ether oxygens (including phenoxy) is 1. The molecule has 27 heavy (non-hydrogen) atoms. The van der Waals surface area contributed by atoms with Crippen LogP contribution in [0.25, 0.3) is 11.1 Å². The van der Waals surface area contributed by atoms with E-state index in [1.807, 2.05) is 42.5 Å². The van der Waals surface area contributed by atoms with Crippen molar-refractivity contribution in [1.29, 1.82) is 0 Å². The first-order valence-corrected chi connectivity index (χ1v) is 9.20. The number of likely N-dealkylation sites (N-methyl/N-ethyl adjacent to an activating group) is 1. The molecule has 1 amide bonds. The van der Waals surface area contributed by atoms with Crippen LogP contribution in [0.3, 0.4) is 0 Å². The predicted molar refractivity (Wildman–Crippen MR) is 107 cm³/mol. The van der Waals surface area contributed by atoms with Gasteiger partial charge in [0.15, 0.2) is 5.78 Å². The van der Waals surface area contributed by atoms with Gasteiger partial charge in [0.05, 0.1) is 6.54 Å². The molecule has 0 aliphatic carbocycles. The lowest BCUT2D eigenvalue weighted by Gasteiger charge is -2.16. The highest BCUT2D eigenvalue weighted by Crippen LogP contribution is 2.22. The molecule has 2 rings (SSSR count). The standard InChI is InChI=1S/C22H28N2O3/c1-24(22(26)15-23)16-17-6-5-7-20(14-17)18-9-11-19(12-10-18)21(25)8-3-4-13-27-2/h5-7,9-12,14H,3-4,8,13,15-16,23H2,1-2H3. The minimum absolute atomic E-state index is 0.0111. The van der Waals surface area contributed by atoms with Gasteiger partial charge in [-0.15, -0.1) is 0 Å². The number of hydrogen-bond donors (Lipinski definition) is 1. The molecule has 0 radical (unpaired) electrons. The molecule has 0 unspecified atom stereocenters. The zero-order valence-corrected chi connectivity index (χ0v) is 16.1. The maximum Gasteiger partial charge on any atom is 0.236 e. The lowest BCUT2D eigenvalue weighted by atomic mass is 9.99. The number of Topliss-reactive ketones (excluding diaryl/α,β-unsaturated/α-hetero) is 1. The van der Waals surface area contributed by atoms with E-state index in [4.69, 9.17) is 10.5 Å². The summed E-state index contributed by atoms with van der Waals surface area (Å²) in [5, 5.41) is 0. The maximum atomic E-state index is 12.2. The van der Waals surface area contributed by atoms with E-state index in [-0.39, 0.29) is 18.2 Å². The van der Waals surface area contributed by atoms with Crippen LogP contribution in [-0.2, 0) is 16.1 Å². The molecular weight excluding hydrogens is 340 g/mol. The van der Waals surface area contributed by atoms with E-state index in [9.17, 15) is 9.59 Å². The van der Waals surface area contributed by atoms with Crippen molar-refractivity contribution in [2.24, 2.45) is 5.73 Å². The molecule has 0 bridgehead atoms. The summed E-state index contributed by atoms with van der Waals surface area (Å²) in [6.07, 6.45) is 2.28. The largest absolute Gasteiger partial charge is 0.385 e. The zero-order valence-electron chi connectivity index (χ0n) is 16.1. The third-order valence-electron chi connectivity index (χ3n) is 4.49. The quantitative estimate of drug-likeness (QED) is 0.516. The molecule has 0 saturated carbocycles. The minimum atomic E-state index is -0.0891. The molecule has 5 nitrogen and oxygen atoms in total. The van der Waals surface area contributed by atoms with Crippen molar-refractivity contribution < 1.29 is 14.3 Å². The zero-order chi connectivity index (χ0) is 19.6. The van der Waals surface area contributed by atoms with Crippen molar-refractivity contribution in [3.8, 4) is 11.1 Å². The number of unbranched alkanes of at least 4 members (excludes halogenated alkanes) is 1. The maximum absolute atomic E-state index is 12.2. The van der Waals surface area contributed by atoms with Gasteiger partial charge in [-0.3, -0.25) is 9.59 Å². The number of carbonyl (C=O) groups is 2. The molecule has 0 heterocycles. The van der Waals surface area contributed by atoms with Gasteiger partial charge >= 0.3 is 0 Å². The van der Waals surface area contributed by atoms with Gasteiger partial charge in [-0.1, -0.05) is 42.5 Å². The Morgan fingerprint density at radius 2 is 1.78 bits per heavy atom. The lowest BCUT2D eigenvalue weighted by Crippen LogP contribution is -2.32. The highest BCUT2D eigenvalue weighted by atomic mass is 16.5. The normalized spacial score (nSPS) is 10.6. The van der Waals surface area contributed by atoms with Crippen LogP contribution < -0.4 is 5.73 Å². The number of nitrogens with two attached hydrogens (primary N) is 1. The number of amides is 1. The van der Waals surface area contributed by atoms with Crippen LogP contribution in [0.5, 0.6) is 0 Å². The molecule has 0 aliphatic heterocycles. The number of rotatable bonds is 10. The Bertz CT molecular complexity index is 756. The summed E-state index contributed by atoms with van der Waals surface area (Å²) in [6, 6.07) is 15.7. The van der Waals surface area contributed by atoms with Gasteiger partial charge in [-0.2, -0.15) is 0 Å². The fourth-order valence-electron chi connectivity index (χ4n) is 2.89. The Hall–Kier alpha value is -2.50. The molecule has 2 aromatic rings. The van der Waals surface area contributed by atoms with Crippen molar-refractivity contribution in [3.05, 3.63) is 59.7 Å². The fraction of sp³-hybridized carbons (Fsp3) is 0.364. The first-order chi connectivity index (χ1) is 13.0. The molecule has 144 valence electrons. The molecule has 0 atom stereocenters. The summed E-state index contributed by atoms with van der Waals surface area (Å²) in [4.78, 5) is 25.5. The van der Waals surface area contributed by atoms with Crippen LogP contribution in [-0.4, -0.2) is 43.9 Å². The van der Waals surface area contributed by atoms with Gasteiger partial charge in [0.25, 0.3) is 0 Å². The predicted octanol–water partition coefficient (Wildman–Crippen LogP) is 3.27. The molecular formula is C22H28N2O3. The third kappa shape index (κ3) is 6.31. The second-order valence-electron chi connectivity index (χ2n) is 6.60. The van der Waals surface area contributed by atoms with Crippen LogP contribution in [0, 0.1) is 0 Å². The van der Waals surface area contributed by atoms with Crippen molar-refractivity contribution in [2.75, 3.05) is 27.3 Å². The number of ketones is 1. The summed E-state index contributed by atoms with van der Waals surface area (Å²) in [6.45, 7) is 1.22. The first-order valence-electron chi connectivity index (χ1n) is 9.20. The number of carbonyl (C=O) groups excluding carboxylic acids is 2. The van der Waals surface area contributed by atoms with Crippen LogP contribution in [0.1, 0.15) is 35.2 Å². The first kappa shape index (κ1) is 20.8. The van der Waals surface area contributed by atoms with Gasteiger partial charge in [-0.05, 0) is 35.6 Å². The average molecular weight is 368 g/mol. The molecule has 0 spiro atoms. The fourth-order valence-corrected chi connectivity index (χ4v) is 2.89. The second-order valence-corrected chi connectivity index (χ2v) is 6.60. The molecule has 0 aromatic heterocycles. The van der Waals surface area contributed by atoms with Crippen molar-refractivity contribution in [2.45, 2.75) is 25.8 Å². The van der Waals surface area contributed by atoms with Crippen LogP contribution in [0.2, 0.25) is 0 Å². The molecule has 0 saturated heterocycles. The Balaban J connectivity index is 2.03. The van der Waals surface area contributed by atoms with Gasteiger partial charge in [0.1, 0.15) is 0 Å². The van der Waals surface area contributed by atoms with Gasteiger partial charge in [0.2, 0.25) is 5.91 Å². The summed E-state index contributed by atoms with van der Waals surface area (Å²) >= 11 is 0. The van der Waals surface area contributed by atoms with E-state index < -0.39 is 0 Å².